The van der Waals surface area contributed by atoms with Gasteiger partial charge in [-0.05, 0) is 55.0 Å². The van der Waals surface area contributed by atoms with Crippen molar-refractivity contribution in [3.05, 3.63) is 58.6 Å². The highest BCUT2D eigenvalue weighted by Crippen LogP contribution is 2.36. The zero-order valence-corrected chi connectivity index (χ0v) is 16.1. The quantitative estimate of drug-likeness (QED) is 0.708. The van der Waals surface area contributed by atoms with Crippen molar-refractivity contribution in [1.29, 1.82) is 0 Å². The molecule has 0 spiro atoms. The predicted molar refractivity (Wildman–Crippen MR) is 107 cm³/mol. The number of rotatable bonds is 7. The minimum atomic E-state index is -0.313. The number of hydrogen-bond donors (Lipinski definition) is 2. The molecule has 6 nitrogen and oxygen atoms in total. The van der Waals surface area contributed by atoms with Crippen molar-refractivity contribution < 1.29 is 19.1 Å². The molecule has 27 heavy (non-hydrogen) atoms. The lowest BCUT2D eigenvalue weighted by Gasteiger charge is -2.11. The average Bonchev–Trinajstić information content (AvgIpc) is 2.68. The maximum absolute atomic E-state index is 12.1. The summed E-state index contributed by atoms with van der Waals surface area (Å²) in [6, 6.07) is 10.0. The van der Waals surface area contributed by atoms with Gasteiger partial charge in [-0.3, -0.25) is 9.59 Å². The average molecular weight is 389 g/mol. The van der Waals surface area contributed by atoms with Gasteiger partial charge in [0.05, 0.1) is 18.7 Å². The molecule has 0 bridgehead atoms. The third-order valence-electron chi connectivity index (χ3n) is 3.61. The molecule has 0 atom stereocenters. The van der Waals surface area contributed by atoms with Gasteiger partial charge in [-0.2, -0.15) is 0 Å². The Morgan fingerprint density at radius 2 is 1.89 bits per heavy atom. The van der Waals surface area contributed by atoms with Crippen molar-refractivity contribution in [3.8, 4) is 11.5 Å². The van der Waals surface area contributed by atoms with E-state index in [4.69, 9.17) is 21.1 Å². The van der Waals surface area contributed by atoms with E-state index in [1.807, 2.05) is 6.92 Å². The Balaban J connectivity index is 2.08. The molecule has 2 N–H and O–H groups in total. The molecule has 0 heterocycles. The minimum absolute atomic E-state index is 0.186. The molecule has 0 aliphatic carbocycles. The molecule has 0 aliphatic rings. The third kappa shape index (κ3) is 5.49. The van der Waals surface area contributed by atoms with E-state index in [1.165, 1.54) is 13.2 Å². The highest BCUT2D eigenvalue weighted by atomic mass is 35.5. The van der Waals surface area contributed by atoms with Gasteiger partial charge in [0, 0.05) is 24.4 Å². The molecule has 2 amide bonds. The number of carbonyl (C=O) groups is 2. The maximum atomic E-state index is 12.1. The molecule has 0 unspecified atom stereocenters. The zero-order valence-electron chi connectivity index (χ0n) is 15.3. The molecule has 2 aromatic rings. The normalized spacial score (nSPS) is 10.5. The fourth-order valence-corrected chi connectivity index (χ4v) is 2.60. The summed E-state index contributed by atoms with van der Waals surface area (Å²) in [4.78, 5) is 23.6. The minimum Gasteiger partial charge on any atom is -0.493 e. The number of ether oxygens (including phenoxy) is 2. The Bertz CT molecular complexity index is 848. The zero-order chi connectivity index (χ0) is 19.8. The molecule has 142 valence electrons. The number of methoxy groups -OCH3 is 1. The van der Waals surface area contributed by atoms with Crippen LogP contribution in [0.4, 0.5) is 5.69 Å². The monoisotopic (exact) mass is 388 g/mol. The Morgan fingerprint density at radius 1 is 1.19 bits per heavy atom. The smallest absolute Gasteiger partial charge is 0.251 e. The van der Waals surface area contributed by atoms with E-state index in [2.05, 4.69) is 10.6 Å². The lowest BCUT2D eigenvalue weighted by atomic mass is 10.1. The van der Waals surface area contributed by atoms with Crippen LogP contribution in [0, 0.1) is 0 Å². The summed E-state index contributed by atoms with van der Waals surface area (Å²) in [7, 11) is 3.09. The van der Waals surface area contributed by atoms with Crippen LogP contribution in [0.3, 0.4) is 0 Å². The summed E-state index contributed by atoms with van der Waals surface area (Å²) in [5.74, 6) is 0.467. The number of halogens is 1. The molecule has 2 rings (SSSR count). The third-order valence-corrected chi connectivity index (χ3v) is 3.89. The Kier molecular flexibility index (Phi) is 7.25. The van der Waals surface area contributed by atoms with E-state index in [0.717, 1.165) is 0 Å². The van der Waals surface area contributed by atoms with Gasteiger partial charge in [-0.1, -0.05) is 11.6 Å². The van der Waals surface area contributed by atoms with Crippen LogP contribution >= 0.6 is 11.6 Å². The first-order valence-electron chi connectivity index (χ1n) is 8.30. The number of hydrogen-bond acceptors (Lipinski definition) is 4. The van der Waals surface area contributed by atoms with Crippen LogP contribution in [0.25, 0.3) is 6.08 Å². The van der Waals surface area contributed by atoms with Crippen molar-refractivity contribution in [2.45, 2.75) is 6.92 Å². The second kappa shape index (κ2) is 9.64. The highest BCUT2D eigenvalue weighted by Gasteiger charge is 2.11. The van der Waals surface area contributed by atoms with Crippen molar-refractivity contribution in [2.75, 3.05) is 26.1 Å². The Hall–Kier alpha value is -2.99. The van der Waals surface area contributed by atoms with Gasteiger partial charge in [-0.15, -0.1) is 0 Å². The van der Waals surface area contributed by atoms with E-state index in [1.54, 1.807) is 49.5 Å². The van der Waals surface area contributed by atoms with Gasteiger partial charge in [-0.25, -0.2) is 0 Å². The van der Waals surface area contributed by atoms with Crippen LogP contribution in [0.1, 0.15) is 22.8 Å². The van der Waals surface area contributed by atoms with Crippen molar-refractivity contribution in [1.82, 2.24) is 5.32 Å². The summed E-state index contributed by atoms with van der Waals surface area (Å²) in [5, 5.41) is 5.67. The number of carbonyl (C=O) groups excluding carboxylic acids is 2. The number of amides is 2. The predicted octanol–water partition coefficient (Wildman–Crippen LogP) is 3.76. The molecule has 7 heteroatoms. The van der Waals surface area contributed by atoms with Crippen molar-refractivity contribution in [3.63, 3.8) is 0 Å². The first-order valence-corrected chi connectivity index (χ1v) is 8.67. The fraction of sp³-hybridized carbons (Fsp3) is 0.200. The standard InChI is InChI=1S/C20H21ClN2O4/c1-4-27-19-16(21)11-13(12-17(19)26-3)5-10-18(24)23-15-8-6-14(7-9-15)20(25)22-2/h5-12H,4H2,1-3H3,(H,22,25)(H,23,24)/b10-5+. The topological polar surface area (TPSA) is 76.7 Å². The van der Waals surface area contributed by atoms with Gasteiger partial charge in [0.25, 0.3) is 5.91 Å². The Morgan fingerprint density at radius 3 is 2.48 bits per heavy atom. The molecule has 2 aromatic carbocycles. The molecule has 0 radical (unpaired) electrons. The van der Waals surface area contributed by atoms with E-state index in [-0.39, 0.29) is 11.8 Å². The van der Waals surface area contributed by atoms with Crippen LogP contribution in [0.2, 0.25) is 5.02 Å². The molecule has 0 fully saturated rings. The summed E-state index contributed by atoms with van der Waals surface area (Å²) in [6.07, 6.45) is 3.01. The molecule has 0 saturated carbocycles. The number of benzene rings is 2. The number of anilines is 1. The van der Waals surface area contributed by atoms with E-state index >= 15 is 0 Å². The molecule has 0 saturated heterocycles. The lowest BCUT2D eigenvalue weighted by Crippen LogP contribution is -2.17. The van der Waals surface area contributed by atoms with E-state index in [0.29, 0.717) is 39.9 Å². The summed E-state index contributed by atoms with van der Waals surface area (Å²) < 4.78 is 10.7. The van der Waals surface area contributed by atoms with Crippen molar-refractivity contribution in [2.24, 2.45) is 0 Å². The van der Waals surface area contributed by atoms with Gasteiger partial charge in [0.1, 0.15) is 0 Å². The Labute approximate surface area is 163 Å². The molecular weight excluding hydrogens is 368 g/mol. The summed E-state index contributed by atoms with van der Waals surface area (Å²) in [6.45, 7) is 2.32. The van der Waals surface area contributed by atoms with Gasteiger partial charge in [0.2, 0.25) is 5.91 Å². The van der Waals surface area contributed by atoms with Crippen LogP contribution in [0.15, 0.2) is 42.5 Å². The van der Waals surface area contributed by atoms with Crippen LogP contribution < -0.4 is 20.1 Å². The SMILES string of the molecule is CCOc1c(Cl)cc(/C=C/C(=O)Nc2ccc(C(=O)NC)cc2)cc1OC. The summed E-state index contributed by atoms with van der Waals surface area (Å²) >= 11 is 6.22. The highest BCUT2D eigenvalue weighted by molar-refractivity contribution is 6.32. The second-order valence-corrected chi connectivity index (χ2v) is 5.85. The maximum Gasteiger partial charge on any atom is 0.251 e. The van der Waals surface area contributed by atoms with Crippen LogP contribution in [-0.4, -0.2) is 32.6 Å². The fourth-order valence-electron chi connectivity index (χ4n) is 2.33. The number of nitrogens with one attached hydrogen (secondary N) is 2. The van der Waals surface area contributed by atoms with Gasteiger partial charge >= 0.3 is 0 Å². The van der Waals surface area contributed by atoms with Crippen LogP contribution in [-0.2, 0) is 4.79 Å². The second-order valence-electron chi connectivity index (χ2n) is 5.45. The van der Waals surface area contributed by atoms with E-state index in [9.17, 15) is 9.59 Å². The van der Waals surface area contributed by atoms with Crippen LogP contribution in [0.5, 0.6) is 11.5 Å². The van der Waals surface area contributed by atoms with Gasteiger partial charge in [0.15, 0.2) is 11.5 Å². The lowest BCUT2D eigenvalue weighted by molar-refractivity contribution is -0.111. The molecule has 0 aliphatic heterocycles. The first kappa shape index (κ1) is 20.3. The molecule has 0 aromatic heterocycles. The van der Waals surface area contributed by atoms with Gasteiger partial charge < -0.3 is 20.1 Å². The molecular formula is C20H21ClN2O4. The first-order chi connectivity index (χ1) is 13.0. The summed E-state index contributed by atoms with van der Waals surface area (Å²) in [5.41, 5.74) is 1.80. The largest absolute Gasteiger partial charge is 0.493 e. The van der Waals surface area contributed by atoms with Crippen molar-refractivity contribution >= 4 is 35.2 Å². The van der Waals surface area contributed by atoms with E-state index < -0.39 is 0 Å².